The Morgan fingerprint density at radius 1 is 1.29 bits per heavy atom. The number of piperidine rings is 1. The maximum Gasteiger partial charge on any atom is 0.232 e. The van der Waals surface area contributed by atoms with Gasteiger partial charge in [0, 0.05) is 18.5 Å². The number of nitrogens with one attached hydrogen (secondary N) is 2. The minimum Gasteiger partial charge on any atom is -0.317 e. The van der Waals surface area contributed by atoms with E-state index in [0.29, 0.717) is 18.5 Å². The van der Waals surface area contributed by atoms with Gasteiger partial charge in [-0.15, -0.1) is 0 Å². The first kappa shape index (κ1) is 16.4. The third-order valence-electron chi connectivity index (χ3n) is 5.70. The molecule has 1 aromatic carbocycles. The molecule has 2 unspecified atom stereocenters. The second-order valence-corrected chi connectivity index (χ2v) is 9.43. The van der Waals surface area contributed by atoms with Gasteiger partial charge in [0.2, 0.25) is 10.0 Å². The molecular formula is C18H27N3O2S. The number of anilines is 1. The Kier molecular flexibility index (Phi) is 4.31. The SMILES string of the molecule is CS(=O)(=O)N1CCc2cc(C3CC3NCC3CCNCC3)ccc21. The molecule has 6 heteroatoms. The summed E-state index contributed by atoms with van der Waals surface area (Å²) in [4.78, 5) is 0. The fourth-order valence-electron chi connectivity index (χ4n) is 4.16. The Morgan fingerprint density at radius 3 is 2.83 bits per heavy atom. The fourth-order valence-corrected chi connectivity index (χ4v) is 5.12. The van der Waals surface area contributed by atoms with Crippen LogP contribution in [0.1, 0.15) is 36.3 Å². The highest BCUT2D eigenvalue weighted by atomic mass is 32.2. The molecule has 2 fully saturated rings. The number of benzene rings is 1. The zero-order valence-corrected chi connectivity index (χ0v) is 15.1. The molecule has 3 aliphatic rings. The number of nitrogens with zero attached hydrogens (tertiary/aromatic N) is 1. The van der Waals surface area contributed by atoms with Gasteiger partial charge in [-0.2, -0.15) is 0 Å². The lowest BCUT2D eigenvalue weighted by atomic mass is 9.98. The summed E-state index contributed by atoms with van der Waals surface area (Å²) >= 11 is 0. The molecule has 0 amide bonds. The van der Waals surface area contributed by atoms with E-state index in [1.54, 1.807) is 0 Å². The van der Waals surface area contributed by atoms with Crippen LogP contribution in [-0.2, 0) is 16.4 Å². The highest BCUT2D eigenvalue weighted by Gasteiger charge is 2.39. The average Bonchev–Trinajstić information content (AvgIpc) is 3.21. The highest BCUT2D eigenvalue weighted by molar-refractivity contribution is 7.92. The molecule has 0 bridgehead atoms. The standard InChI is InChI=1S/C18H27N3O2S/c1-24(22,23)21-9-6-15-10-14(2-3-18(15)21)16-11-17(16)20-12-13-4-7-19-8-5-13/h2-3,10,13,16-17,19-20H,4-9,11-12H2,1H3. The lowest BCUT2D eigenvalue weighted by molar-refractivity contribution is 0.355. The predicted molar refractivity (Wildman–Crippen MR) is 97.1 cm³/mol. The second-order valence-electron chi connectivity index (χ2n) is 7.52. The zero-order valence-electron chi connectivity index (χ0n) is 14.3. The van der Waals surface area contributed by atoms with Crippen molar-refractivity contribution < 1.29 is 8.42 Å². The molecule has 2 N–H and O–H groups in total. The predicted octanol–water partition coefficient (Wildman–Crippen LogP) is 1.45. The maximum atomic E-state index is 11.8. The van der Waals surface area contributed by atoms with Gasteiger partial charge in [0.15, 0.2) is 0 Å². The molecule has 0 radical (unpaired) electrons. The summed E-state index contributed by atoms with van der Waals surface area (Å²) in [5.41, 5.74) is 3.43. The van der Waals surface area contributed by atoms with Crippen LogP contribution >= 0.6 is 0 Å². The van der Waals surface area contributed by atoms with Crippen LogP contribution < -0.4 is 14.9 Å². The Hall–Kier alpha value is -1.11. The van der Waals surface area contributed by atoms with E-state index in [4.69, 9.17) is 0 Å². The van der Waals surface area contributed by atoms with Crippen LogP contribution in [0.15, 0.2) is 18.2 Å². The third kappa shape index (κ3) is 3.32. The molecule has 4 rings (SSSR count). The van der Waals surface area contributed by atoms with Crippen molar-refractivity contribution in [3.05, 3.63) is 29.3 Å². The van der Waals surface area contributed by atoms with Crippen molar-refractivity contribution in [2.45, 2.75) is 37.6 Å². The smallest absolute Gasteiger partial charge is 0.232 e. The summed E-state index contributed by atoms with van der Waals surface area (Å²) in [6, 6.07) is 6.96. The molecule has 2 atom stereocenters. The highest BCUT2D eigenvalue weighted by Crippen LogP contribution is 2.43. The van der Waals surface area contributed by atoms with Crippen LogP contribution in [-0.4, -0.2) is 46.9 Å². The van der Waals surface area contributed by atoms with Gasteiger partial charge in [-0.3, -0.25) is 4.31 Å². The quantitative estimate of drug-likeness (QED) is 0.845. The van der Waals surface area contributed by atoms with E-state index in [2.05, 4.69) is 22.8 Å². The summed E-state index contributed by atoms with van der Waals surface area (Å²) in [6.07, 6.45) is 5.89. The van der Waals surface area contributed by atoms with Crippen molar-refractivity contribution in [1.29, 1.82) is 0 Å². The Labute approximate surface area is 144 Å². The average molecular weight is 350 g/mol. The largest absolute Gasteiger partial charge is 0.317 e. The van der Waals surface area contributed by atoms with Crippen LogP contribution in [0.4, 0.5) is 5.69 Å². The van der Waals surface area contributed by atoms with Gasteiger partial charge in [0.25, 0.3) is 0 Å². The van der Waals surface area contributed by atoms with Crippen molar-refractivity contribution in [3.8, 4) is 0 Å². The number of hydrogen-bond donors (Lipinski definition) is 2. The van der Waals surface area contributed by atoms with E-state index >= 15 is 0 Å². The van der Waals surface area contributed by atoms with E-state index in [9.17, 15) is 8.42 Å². The summed E-state index contributed by atoms with van der Waals surface area (Å²) < 4.78 is 25.2. The van der Waals surface area contributed by atoms with Crippen molar-refractivity contribution in [2.75, 3.05) is 36.7 Å². The monoisotopic (exact) mass is 349 g/mol. The van der Waals surface area contributed by atoms with Crippen molar-refractivity contribution in [3.63, 3.8) is 0 Å². The normalized spacial score (nSPS) is 27.3. The van der Waals surface area contributed by atoms with Crippen LogP contribution in [0.3, 0.4) is 0 Å². The minimum atomic E-state index is -3.15. The third-order valence-corrected chi connectivity index (χ3v) is 6.88. The van der Waals surface area contributed by atoms with Gasteiger partial charge in [-0.25, -0.2) is 8.42 Å². The molecule has 1 saturated carbocycles. The molecule has 132 valence electrons. The van der Waals surface area contributed by atoms with Gasteiger partial charge in [0.05, 0.1) is 11.9 Å². The topological polar surface area (TPSA) is 61.4 Å². The van der Waals surface area contributed by atoms with E-state index < -0.39 is 10.0 Å². The van der Waals surface area contributed by atoms with Gasteiger partial charge in [0.1, 0.15) is 0 Å². The van der Waals surface area contributed by atoms with E-state index in [-0.39, 0.29) is 0 Å². The second kappa shape index (κ2) is 6.32. The van der Waals surface area contributed by atoms with Crippen LogP contribution in [0, 0.1) is 5.92 Å². The number of sulfonamides is 1. The van der Waals surface area contributed by atoms with Crippen LogP contribution in [0.25, 0.3) is 0 Å². The molecule has 5 nitrogen and oxygen atoms in total. The fraction of sp³-hybridized carbons (Fsp3) is 0.667. The molecule has 0 aromatic heterocycles. The molecule has 1 saturated heterocycles. The van der Waals surface area contributed by atoms with Crippen LogP contribution in [0.5, 0.6) is 0 Å². The minimum absolute atomic E-state index is 0.583. The van der Waals surface area contributed by atoms with Crippen molar-refractivity contribution in [2.24, 2.45) is 5.92 Å². The molecule has 1 aromatic rings. The first-order valence-electron chi connectivity index (χ1n) is 9.07. The Bertz CT molecular complexity index is 713. The summed E-state index contributed by atoms with van der Waals surface area (Å²) in [5.74, 6) is 1.42. The Balaban J connectivity index is 1.37. The van der Waals surface area contributed by atoms with Gasteiger partial charge in [-0.05, 0) is 68.4 Å². The van der Waals surface area contributed by atoms with E-state index in [0.717, 1.165) is 37.7 Å². The molecule has 2 heterocycles. The summed E-state index contributed by atoms with van der Waals surface area (Å²) in [7, 11) is -3.15. The molecule has 0 spiro atoms. The van der Waals surface area contributed by atoms with Crippen molar-refractivity contribution >= 4 is 15.7 Å². The first-order chi connectivity index (χ1) is 11.5. The van der Waals surface area contributed by atoms with Gasteiger partial charge < -0.3 is 10.6 Å². The van der Waals surface area contributed by atoms with E-state index in [1.165, 1.54) is 41.0 Å². The molecule has 24 heavy (non-hydrogen) atoms. The number of hydrogen-bond acceptors (Lipinski definition) is 4. The molecular weight excluding hydrogens is 322 g/mol. The number of fused-ring (bicyclic) bond motifs is 1. The summed E-state index contributed by atoms with van der Waals surface area (Å²) in [5, 5.41) is 7.16. The lowest BCUT2D eigenvalue weighted by Gasteiger charge is -2.23. The Morgan fingerprint density at radius 2 is 2.08 bits per heavy atom. The molecule has 2 aliphatic heterocycles. The zero-order chi connectivity index (χ0) is 16.7. The molecule has 1 aliphatic carbocycles. The number of rotatable bonds is 5. The summed E-state index contributed by atoms with van der Waals surface area (Å²) in [6.45, 7) is 4.03. The van der Waals surface area contributed by atoms with Crippen molar-refractivity contribution in [1.82, 2.24) is 10.6 Å². The van der Waals surface area contributed by atoms with Gasteiger partial charge in [-0.1, -0.05) is 12.1 Å². The first-order valence-corrected chi connectivity index (χ1v) is 10.9. The lowest BCUT2D eigenvalue weighted by Crippen LogP contribution is -2.34. The maximum absolute atomic E-state index is 11.8. The van der Waals surface area contributed by atoms with Crippen LogP contribution in [0.2, 0.25) is 0 Å². The van der Waals surface area contributed by atoms with E-state index in [1.807, 2.05) is 6.07 Å². The van der Waals surface area contributed by atoms with Gasteiger partial charge >= 0.3 is 0 Å².